The number of halogens is 1. The van der Waals surface area contributed by atoms with Gasteiger partial charge in [0.25, 0.3) is 0 Å². The van der Waals surface area contributed by atoms with Gasteiger partial charge in [0.05, 0.1) is 0 Å². The van der Waals surface area contributed by atoms with Crippen LogP contribution in [0.25, 0.3) is 6.08 Å². The van der Waals surface area contributed by atoms with Crippen molar-refractivity contribution in [2.45, 2.75) is 39.2 Å². The number of hydrogen-bond donors (Lipinski definition) is 2. The third kappa shape index (κ3) is 4.78. The number of aliphatic hydroxyl groups is 1. The van der Waals surface area contributed by atoms with Gasteiger partial charge in [-0.1, -0.05) is 19.1 Å². The van der Waals surface area contributed by atoms with Crippen LogP contribution in [0.1, 0.15) is 39.2 Å². The minimum atomic E-state index is -0.413. The smallest absolute Gasteiger partial charge is 0.247 e. The van der Waals surface area contributed by atoms with Gasteiger partial charge in [-0.2, -0.15) is 0 Å². The van der Waals surface area contributed by atoms with Gasteiger partial charge in [-0.05, 0) is 50.5 Å². The fourth-order valence-electron chi connectivity index (χ4n) is 1.82. The lowest BCUT2D eigenvalue weighted by Crippen LogP contribution is -2.46. The molecule has 20 heavy (non-hydrogen) atoms. The summed E-state index contributed by atoms with van der Waals surface area (Å²) in [6.45, 7) is 5.63. The molecule has 0 spiro atoms. The Balaban J connectivity index is 2.78. The average molecular weight is 279 g/mol. The van der Waals surface area contributed by atoms with Crippen molar-refractivity contribution in [1.29, 1.82) is 0 Å². The van der Waals surface area contributed by atoms with E-state index in [9.17, 15) is 9.18 Å². The maximum Gasteiger partial charge on any atom is 0.247 e. The zero-order chi connectivity index (χ0) is 15.2. The molecule has 1 amide bonds. The van der Waals surface area contributed by atoms with Crippen LogP contribution in [0.4, 0.5) is 4.39 Å². The monoisotopic (exact) mass is 279 g/mol. The number of amides is 1. The molecule has 0 aliphatic carbocycles. The zero-order valence-electron chi connectivity index (χ0n) is 12.2. The second-order valence-corrected chi connectivity index (χ2v) is 5.22. The molecule has 0 bridgehead atoms. The lowest BCUT2D eigenvalue weighted by Gasteiger charge is -2.29. The van der Waals surface area contributed by atoms with Crippen molar-refractivity contribution in [2.75, 3.05) is 6.61 Å². The van der Waals surface area contributed by atoms with Gasteiger partial charge in [-0.3, -0.25) is 4.79 Å². The molecule has 0 heterocycles. The van der Waals surface area contributed by atoms with Gasteiger partial charge in [0.2, 0.25) is 5.91 Å². The number of carbonyl (C=O) groups excluding carboxylic acids is 1. The standard InChI is InChI=1S/C16H22FNO2/c1-4-16(3,9-10-19)18-15(20)12(2)11-13-5-7-14(17)8-6-13/h5-8,11,19H,4,9-10H2,1-3H3,(H,18,20)/b12-11+. The number of carbonyl (C=O) groups is 1. The highest BCUT2D eigenvalue weighted by Crippen LogP contribution is 2.15. The highest BCUT2D eigenvalue weighted by molar-refractivity contribution is 5.97. The molecule has 0 aromatic heterocycles. The molecule has 0 saturated carbocycles. The minimum Gasteiger partial charge on any atom is -0.396 e. The first-order valence-electron chi connectivity index (χ1n) is 6.77. The van der Waals surface area contributed by atoms with Crippen LogP contribution in [-0.4, -0.2) is 23.2 Å². The maximum atomic E-state index is 12.8. The van der Waals surface area contributed by atoms with Crippen molar-refractivity contribution in [3.05, 3.63) is 41.2 Å². The number of benzene rings is 1. The number of nitrogens with one attached hydrogen (secondary N) is 1. The molecule has 1 aromatic carbocycles. The van der Waals surface area contributed by atoms with Gasteiger partial charge >= 0.3 is 0 Å². The summed E-state index contributed by atoms with van der Waals surface area (Å²) in [6, 6.07) is 5.97. The Morgan fingerprint density at radius 1 is 1.40 bits per heavy atom. The fraction of sp³-hybridized carbons (Fsp3) is 0.438. The molecule has 1 unspecified atom stereocenters. The first-order chi connectivity index (χ1) is 9.40. The summed E-state index contributed by atoms with van der Waals surface area (Å²) in [7, 11) is 0. The molecular weight excluding hydrogens is 257 g/mol. The molecule has 3 nitrogen and oxygen atoms in total. The van der Waals surface area contributed by atoms with Crippen LogP contribution in [0, 0.1) is 5.82 Å². The Hall–Kier alpha value is -1.68. The molecule has 1 atom stereocenters. The third-order valence-electron chi connectivity index (χ3n) is 3.47. The van der Waals surface area contributed by atoms with Crippen molar-refractivity contribution in [3.63, 3.8) is 0 Å². The van der Waals surface area contributed by atoms with E-state index in [2.05, 4.69) is 5.32 Å². The second kappa shape index (κ2) is 7.20. The van der Waals surface area contributed by atoms with Crippen LogP contribution < -0.4 is 5.32 Å². The van der Waals surface area contributed by atoms with Crippen LogP contribution in [0.2, 0.25) is 0 Å². The van der Waals surface area contributed by atoms with Crippen LogP contribution in [-0.2, 0) is 4.79 Å². The van der Waals surface area contributed by atoms with Gasteiger partial charge in [0.15, 0.2) is 0 Å². The van der Waals surface area contributed by atoms with Crippen molar-refractivity contribution >= 4 is 12.0 Å². The highest BCUT2D eigenvalue weighted by Gasteiger charge is 2.23. The summed E-state index contributed by atoms with van der Waals surface area (Å²) >= 11 is 0. The van der Waals surface area contributed by atoms with E-state index in [4.69, 9.17) is 5.11 Å². The van der Waals surface area contributed by atoms with E-state index in [0.29, 0.717) is 12.0 Å². The molecule has 0 saturated heterocycles. The molecule has 1 aromatic rings. The lowest BCUT2D eigenvalue weighted by atomic mass is 9.94. The fourth-order valence-corrected chi connectivity index (χ4v) is 1.82. The topological polar surface area (TPSA) is 49.3 Å². The zero-order valence-corrected chi connectivity index (χ0v) is 12.2. The van der Waals surface area contributed by atoms with E-state index in [0.717, 1.165) is 12.0 Å². The Labute approximate surface area is 119 Å². The normalized spacial score (nSPS) is 14.8. The van der Waals surface area contributed by atoms with E-state index >= 15 is 0 Å². The average Bonchev–Trinajstić information content (AvgIpc) is 2.41. The first-order valence-corrected chi connectivity index (χ1v) is 6.77. The molecule has 4 heteroatoms. The first kappa shape index (κ1) is 16.4. The van der Waals surface area contributed by atoms with E-state index in [1.165, 1.54) is 12.1 Å². The Bertz CT molecular complexity index is 482. The Morgan fingerprint density at radius 3 is 2.50 bits per heavy atom. The van der Waals surface area contributed by atoms with Gasteiger partial charge < -0.3 is 10.4 Å². The van der Waals surface area contributed by atoms with E-state index < -0.39 is 5.54 Å². The van der Waals surface area contributed by atoms with E-state index in [1.54, 1.807) is 25.1 Å². The van der Waals surface area contributed by atoms with Gasteiger partial charge in [-0.25, -0.2) is 4.39 Å². The van der Waals surface area contributed by atoms with Crippen molar-refractivity contribution in [3.8, 4) is 0 Å². The predicted molar refractivity (Wildman–Crippen MR) is 78.6 cm³/mol. The van der Waals surface area contributed by atoms with Gasteiger partial charge in [0.1, 0.15) is 5.82 Å². The Morgan fingerprint density at radius 2 is 2.00 bits per heavy atom. The molecule has 2 N–H and O–H groups in total. The molecule has 1 rings (SSSR count). The van der Waals surface area contributed by atoms with Crippen molar-refractivity contribution < 1.29 is 14.3 Å². The summed E-state index contributed by atoms with van der Waals surface area (Å²) in [6.07, 6.45) is 2.96. The molecule has 0 aliphatic rings. The van der Waals surface area contributed by atoms with Crippen LogP contribution in [0.5, 0.6) is 0 Å². The summed E-state index contributed by atoms with van der Waals surface area (Å²) in [5.74, 6) is -0.474. The largest absolute Gasteiger partial charge is 0.396 e. The molecule has 0 aliphatic heterocycles. The van der Waals surface area contributed by atoms with Crippen molar-refractivity contribution in [1.82, 2.24) is 5.32 Å². The van der Waals surface area contributed by atoms with Crippen LogP contribution in [0.15, 0.2) is 29.8 Å². The SMILES string of the molecule is CCC(C)(CCO)NC(=O)/C(C)=C/c1ccc(F)cc1. The predicted octanol–water partition coefficient (Wildman–Crippen LogP) is 2.90. The quantitative estimate of drug-likeness (QED) is 0.787. The maximum absolute atomic E-state index is 12.8. The lowest BCUT2D eigenvalue weighted by molar-refractivity contribution is -0.119. The van der Waals surface area contributed by atoms with Gasteiger partial charge in [-0.15, -0.1) is 0 Å². The summed E-state index contributed by atoms with van der Waals surface area (Å²) in [5.41, 5.74) is 0.914. The molecule has 0 radical (unpaired) electrons. The molecular formula is C16H22FNO2. The number of hydrogen-bond acceptors (Lipinski definition) is 2. The van der Waals surface area contributed by atoms with E-state index in [1.807, 2.05) is 13.8 Å². The van der Waals surface area contributed by atoms with E-state index in [-0.39, 0.29) is 18.3 Å². The Kier molecular flexibility index (Phi) is 5.89. The van der Waals surface area contributed by atoms with Crippen molar-refractivity contribution in [2.24, 2.45) is 0 Å². The van der Waals surface area contributed by atoms with Gasteiger partial charge in [0, 0.05) is 17.7 Å². The molecule has 110 valence electrons. The minimum absolute atomic E-state index is 0.0331. The highest BCUT2D eigenvalue weighted by atomic mass is 19.1. The third-order valence-corrected chi connectivity index (χ3v) is 3.47. The summed E-state index contributed by atoms with van der Waals surface area (Å²) in [5, 5.41) is 12.0. The summed E-state index contributed by atoms with van der Waals surface area (Å²) in [4.78, 5) is 12.1. The second-order valence-electron chi connectivity index (χ2n) is 5.22. The van der Waals surface area contributed by atoms with Crippen LogP contribution in [0.3, 0.4) is 0 Å². The van der Waals surface area contributed by atoms with Crippen LogP contribution >= 0.6 is 0 Å². The molecule has 0 fully saturated rings. The number of aliphatic hydroxyl groups excluding tert-OH is 1. The number of rotatable bonds is 6. The summed E-state index contributed by atoms with van der Waals surface area (Å²) < 4.78 is 12.8.